The monoisotopic (exact) mass is 328 g/mol. The van der Waals surface area contributed by atoms with E-state index in [1.807, 2.05) is 6.26 Å². The number of nitrogens with one attached hydrogen (secondary N) is 3. The maximum Gasteiger partial charge on any atom is 0.269 e. The van der Waals surface area contributed by atoms with Crippen molar-refractivity contribution in [2.75, 3.05) is 18.6 Å². The van der Waals surface area contributed by atoms with Crippen LogP contribution in [0.3, 0.4) is 0 Å². The first-order valence-electron chi connectivity index (χ1n) is 6.12. The molecule has 1 aromatic carbocycles. The van der Waals surface area contributed by atoms with E-state index in [-0.39, 0.29) is 5.69 Å². The first-order chi connectivity index (χ1) is 10.0. The van der Waals surface area contributed by atoms with Gasteiger partial charge in [0, 0.05) is 24.2 Å². The van der Waals surface area contributed by atoms with Gasteiger partial charge in [0.05, 0.1) is 4.92 Å². The Hall–Kier alpha value is -1.87. The largest absolute Gasteiger partial charge is 0.361 e. The molecule has 1 rings (SSSR count). The fourth-order valence-electron chi connectivity index (χ4n) is 1.38. The lowest BCUT2D eigenvalue weighted by molar-refractivity contribution is -0.384. The van der Waals surface area contributed by atoms with Crippen molar-refractivity contribution >= 4 is 40.7 Å². The second-order valence-electron chi connectivity index (χ2n) is 3.99. The third-order valence-electron chi connectivity index (χ3n) is 2.44. The molecule has 0 unspecified atom stereocenters. The van der Waals surface area contributed by atoms with Gasteiger partial charge in [0.2, 0.25) is 0 Å². The van der Waals surface area contributed by atoms with E-state index in [4.69, 9.17) is 12.2 Å². The van der Waals surface area contributed by atoms with Gasteiger partial charge < -0.3 is 5.32 Å². The summed E-state index contributed by atoms with van der Waals surface area (Å²) in [6, 6.07) is 5.30. The van der Waals surface area contributed by atoms with Crippen molar-refractivity contribution in [1.29, 1.82) is 0 Å². The molecule has 0 heterocycles. The van der Waals surface area contributed by atoms with Crippen LogP contribution in [0.4, 0.5) is 5.69 Å². The van der Waals surface area contributed by atoms with E-state index >= 15 is 0 Å². The van der Waals surface area contributed by atoms with Crippen LogP contribution in [0, 0.1) is 10.1 Å². The first kappa shape index (κ1) is 17.2. The first-order valence-corrected chi connectivity index (χ1v) is 7.92. The summed E-state index contributed by atoms with van der Waals surface area (Å²) in [5.74, 6) is 0.614. The van der Waals surface area contributed by atoms with Crippen LogP contribution >= 0.6 is 24.0 Å². The van der Waals surface area contributed by atoms with Gasteiger partial charge in [-0.05, 0) is 42.8 Å². The van der Waals surface area contributed by atoms with E-state index in [0.717, 1.165) is 18.7 Å². The Morgan fingerprint density at radius 2 is 2.00 bits per heavy atom. The van der Waals surface area contributed by atoms with Crippen LogP contribution < -0.4 is 16.2 Å². The lowest BCUT2D eigenvalue weighted by Gasteiger charge is -2.11. The highest BCUT2D eigenvalue weighted by atomic mass is 32.2. The molecule has 0 radical (unpaired) electrons. The highest BCUT2D eigenvalue weighted by molar-refractivity contribution is 7.98. The lowest BCUT2D eigenvalue weighted by atomic mass is 10.2. The number of nitro groups is 1. The van der Waals surface area contributed by atoms with E-state index in [0.29, 0.717) is 10.7 Å². The van der Waals surface area contributed by atoms with Crippen LogP contribution in [0.25, 0.3) is 0 Å². The van der Waals surface area contributed by atoms with Crippen LogP contribution in [-0.2, 0) is 0 Å². The van der Waals surface area contributed by atoms with Crippen molar-refractivity contribution in [3.05, 3.63) is 39.9 Å². The van der Waals surface area contributed by atoms with Gasteiger partial charge in [-0.15, -0.1) is 0 Å². The quantitative estimate of drug-likeness (QED) is 0.315. The molecule has 21 heavy (non-hydrogen) atoms. The van der Waals surface area contributed by atoms with Crippen molar-refractivity contribution in [2.45, 2.75) is 6.42 Å². The second kappa shape index (κ2) is 9.14. The van der Waals surface area contributed by atoms with E-state index in [1.54, 1.807) is 11.8 Å². The minimum Gasteiger partial charge on any atom is -0.361 e. The number of non-ortho nitro benzene ring substituents is 1. The summed E-state index contributed by atoms with van der Waals surface area (Å²) in [6.07, 6.45) is 3.00. The van der Waals surface area contributed by atoms with Gasteiger partial charge in [0.1, 0.15) is 0 Å². The third-order valence-corrected chi connectivity index (χ3v) is 3.38. The van der Waals surface area contributed by atoms with Crippen molar-refractivity contribution in [2.24, 2.45) is 0 Å². The van der Waals surface area contributed by atoms with E-state index in [9.17, 15) is 14.9 Å². The maximum absolute atomic E-state index is 11.8. The molecule has 0 saturated heterocycles. The lowest BCUT2D eigenvalue weighted by Crippen LogP contribution is -2.47. The topological polar surface area (TPSA) is 96.3 Å². The molecule has 0 atom stereocenters. The Morgan fingerprint density at radius 3 is 2.57 bits per heavy atom. The zero-order valence-corrected chi connectivity index (χ0v) is 13.1. The normalized spacial score (nSPS) is 9.76. The number of nitrogens with zero attached hydrogens (tertiary/aromatic N) is 1. The molecule has 0 aliphatic rings. The van der Waals surface area contributed by atoms with Gasteiger partial charge in [-0.1, -0.05) is 0 Å². The van der Waals surface area contributed by atoms with Crippen LogP contribution in [-0.4, -0.2) is 34.5 Å². The Labute approximate surface area is 132 Å². The summed E-state index contributed by atoms with van der Waals surface area (Å²) >= 11 is 6.74. The molecule has 0 aromatic heterocycles. The Balaban J connectivity index is 2.36. The molecule has 0 aliphatic heterocycles. The average molecular weight is 328 g/mol. The molecule has 0 fully saturated rings. The fourth-order valence-corrected chi connectivity index (χ4v) is 1.97. The number of benzene rings is 1. The van der Waals surface area contributed by atoms with Crippen molar-refractivity contribution in [3.8, 4) is 0 Å². The minimum atomic E-state index is -0.520. The average Bonchev–Trinajstić information content (AvgIpc) is 2.49. The van der Waals surface area contributed by atoms with E-state index < -0.39 is 10.8 Å². The number of thioether (sulfide) groups is 1. The number of thiocarbonyl (C=S) groups is 1. The van der Waals surface area contributed by atoms with Crippen LogP contribution in [0.5, 0.6) is 0 Å². The molecule has 0 bridgehead atoms. The number of carbonyl (C=O) groups is 1. The highest BCUT2D eigenvalue weighted by Gasteiger charge is 2.09. The number of carbonyl (C=O) groups excluding carboxylic acids is 1. The molecule has 1 aromatic rings. The molecule has 0 spiro atoms. The SMILES string of the molecule is CSCCCNC(=S)NNC(=O)c1ccc([N+](=O)[O-])cc1. The molecular formula is C12H16N4O3S2. The Kier molecular flexibility index (Phi) is 7.48. The van der Waals surface area contributed by atoms with Crippen molar-refractivity contribution < 1.29 is 9.72 Å². The summed E-state index contributed by atoms with van der Waals surface area (Å²) in [5, 5.41) is 13.8. The molecule has 0 saturated carbocycles. The van der Waals surface area contributed by atoms with Crippen molar-refractivity contribution in [1.82, 2.24) is 16.2 Å². The fraction of sp³-hybridized carbons (Fsp3) is 0.333. The van der Waals surface area contributed by atoms with Gasteiger partial charge in [0.25, 0.3) is 11.6 Å². The summed E-state index contributed by atoms with van der Waals surface area (Å²) in [7, 11) is 0. The van der Waals surface area contributed by atoms with Crippen LogP contribution in [0.2, 0.25) is 0 Å². The van der Waals surface area contributed by atoms with Gasteiger partial charge in [0.15, 0.2) is 5.11 Å². The molecule has 114 valence electrons. The summed E-state index contributed by atoms with van der Waals surface area (Å²) < 4.78 is 0. The highest BCUT2D eigenvalue weighted by Crippen LogP contribution is 2.11. The molecule has 1 amide bonds. The number of hydrogen-bond donors (Lipinski definition) is 3. The van der Waals surface area contributed by atoms with Crippen LogP contribution in [0.1, 0.15) is 16.8 Å². The van der Waals surface area contributed by atoms with Gasteiger partial charge in [-0.25, -0.2) is 0 Å². The zero-order chi connectivity index (χ0) is 15.7. The Morgan fingerprint density at radius 1 is 1.33 bits per heavy atom. The molecule has 9 heteroatoms. The van der Waals surface area contributed by atoms with E-state index in [1.165, 1.54) is 24.3 Å². The van der Waals surface area contributed by atoms with Gasteiger partial charge >= 0.3 is 0 Å². The van der Waals surface area contributed by atoms with Crippen molar-refractivity contribution in [3.63, 3.8) is 0 Å². The molecule has 7 nitrogen and oxygen atoms in total. The predicted molar refractivity (Wildman–Crippen MR) is 87.3 cm³/mol. The summed E-state index contributed by atoms with van der Waals surface area (Å²) in [6.45, 7) is 0.722. The third kappa shape index (κ3) is 6.41. The summed E-state index contributed by atoms with van der Waals surface area (Å²) in [4.78, 5) is 21.8. The number of hydrazine groups is 1. The zero-order valence-electron chi connectivity index (χ0n) is 11.4. The molecular weight excluding hydrogens is 312 g/mol. The Bertz CT molecular complexity index is 508. The van der Waals surface area contributed by atoms with Crippen LogP contribution in [0.15, 0.2) is 24.3 Å². The maximum atomic E-state index is 11.8. The second-order valence-corrected chi connectivity index (χ2v) is 5.38. The van der Waals surface area contributed by atoms with Gasteiger partial charge in [-0.3, -0.25) is 25.8 Å². The molecule has 3 N–H and O–H groups in total. The molecule has 0 aliphatic carbocycles. The number of hydrogen-bond acceptors (Lipinski definition) is 5. The number of amides is 1. The van der Waals surface area contributed by atoms with E-state index in [2.05, 4.69) is 16.2 Å². The predicted octanol–water partition coefficient (Wildman–Crippen LogP) is 1.46. The smallest absolute Gasteiger partial charge is 0.269 e. The van der Waals surface area contributed by atoms with Gasteiger partial charge in [-0.2, -0.15) is 11.8 Å². The number of nitro benzene ring substituents is 1. The summed E-state index contributed by atoms with van der Waals surface area (Å²) in [5.41, 5.74) is 5.24. The standard InChI is InChI=1S/C12H16N4O3S2/c1-21-8-2-7-13-12(20)15-14-11(17)9-3-5-10(6-4-9)16(18)19/h3-6H,2,7-8H2,1H3,(H,14,17)(H2,13,15,20). The minimum absolute atomic E-state index is 0.0644. The number of rotatable bonds is 6.